The van der Waals surface area contributed by atoms with Crippen LogP contribution in [0.25, 0.3) is 6.08 Å². The maximum Gasteiger partial charge on any atom is 0.307 e. The van der Waals surface area contributed by atoms with Crippen LogP contribution >= 0.6 is 0 Å². The van der Waals surface area contributed by atoms with Crippen molar-refractivity contribution in [3.63, 3.8) is 0 Å². The zero-order chi connectivity index (χ0) is 13.7. The maximum absolute atomic E-state index is 10.8. The van der Waals surface area contributed by atoms with Gasteiger partial charge in [0, 0.05) is 20.2 Å². The van der Waals surface area contributed by atoms with Crippen molar-refractivity contribution in [2.45, 2.75) is 6.42 Å². The normalized spacial score (nSPS) is 10.6. The van der Waals surface area contributed by atoms with Gasteiger partial charge in [-0.2, -0.15) is 0 Å². The van der Waals surface area contributed by atoms with E-state index >= 15 is 0 Å². The van der Waals surface area contributed by atoms with E-state index in [9.17, 15) is 14.9 Å². The summed E-state index contributed by atoms with van der Waals surface area (Å²) in [4.78, 5) is 22.7. The second kappa shape index (κ2) is 5.81. The second-order valence-electron chi connectivity index (χ2n) is 4.00. The molecule has 0 unspecified atom stereocenters. The van der Waals surface area contributed by atoms with Crippen LogP contribution < -0.4 is 0 Å². The first kappa shape index (κ1) is 13.7. The number of carboxylic acid groups (broad SMARTS) is 1. The number of nitro groups is 1. The number of hydrogen-bond donors (Lipinski definition) is 1. The highest BCUT2D eigenvalue weighted by atomic mass is 16.6. The summed E-state index contributed by atoms with van der Waals surface area (Å²) >= 11 is 0. The van der Waals surface area contributed by atoms with Crippen molar-refractivity contribution >= 4 is 17.7 Å². The van der Waals surface area contributed by atoms with Crippen LogP contribution in [-0.2, 0) is 11.2 Å². The smallest absolute Gasteiger partial charge is 0.307 e. The summed E-state index contributed by atoms with van der Waals surface area (Å²) in [7, 11) is 3.59. The fraction of sp³-hybridized carbons (Fsp3) is 0.250. The van der Waals surface area contributed by atoms with Gasteiger partial charge in [-0.25, -0.2) is 0 Å². The van der Waals surface area contributed by atoms with Crippen molar-refractivity contribution < 1.29 is 14.8 Å². The van der Waals surface area contributed by atoms with Crippen LogP contribution in [-0.4, -0.2) is 35.0 Å². The monoisotopic (exact) mass is 250 g/mol. The van der Waals surface area contributed by atoms with E-state index < -0.39 is 10.9 Å². The molecule has 0 aliphatic heterocycles. The van der Waals surface area contributed by atoms with E-state index in [0.717, 1.165) is 0 Å². The van der Waals surface area contributed by atoms with Crippen LogP contribution in [0.5, 0.6) is 0 Å². The molecule has 0 fully saturated rings. The first-order chi connectivity index (χ1) is 8.40. The Bertz CT molecular complexity index is 495. The van der Waals surface area contributed by atoms with Crippen LogP contribution in [0.2, 0.25) is 0 Å². The molecule has 0 spiro atoms. The lowest BCUT2D eigenvalue weighted by atomic mass is 10.1. The number of carboxylic acids is 1. The standard InChI is InChI=1S/C12H14N2O4/c1-13(2)6-5-10-7-9(8-12(15)16)3-4-11(10)14(17)18/h3-7H,8H2,1-2H3,(H,15,16). The topological polar surface area (TPSA) is 83.7 Å². The molecule has 0 aliphatic rings. The van der Waals surface area contributed by atoms with Crippen molar-refractivity contribution in [3.8, 4) is 0 Å². The summed E-state index contributed by atoms with van der Waals surface area (Å²) in [5, 5.41) is 19.5. The van der Waals surface area contributed by atoms with Gasteiger partial charge in [0.1, 0.15) is 0 Å². The van der Waals surface area contributed by atoms with Crippen LogP contribution in [0.4, 0.5) is 5.69 Å². The number of hydrogen-bond acceptors (Lipinski definition) is 4. The number of benzene rings is 1. The van der Waals surface area contributed by atoms with Gasteiger partial charge in [0.2, 0.25) is 0 Å². The van der Waals surface area contributed by atoms with Crippen molar-refractivity contribution in [1.29, 1.82) is 0 Å². The molecule has 96 valence electrons. The van der Waals surface area contributed by atoms with Gasteiger partial charge in [-0.1, -0.05) is 6.07 Å². The fourth-order valence-electron chi connectivity index (χ4n) is 1.42. The van der Waals surface area contributed by atoms with Gasteiger partial charge in [0.25, 0.3) is 5.69 Å². The van der Waals surface area contributed by atoms with Gasteiger partial charge in [0.15, 0.2) is 0 Å². The largest absolute Gasteiger partial charge is 0.481 e. The molecule has 1 aromatic carbocycles. The highest BCUT2D eigenvalue weighted by Gasteiger charge is 2.13. The number of carbonyl (C=O) groups is 1. The molecule has 0 heterocycles. The van der Waals surface area contributed by atoms with Crippen molar-refractivity contribution in [3.05, 3.63) is 45.6 Å². The average Bonchev–Trinajstić information content (AvgIpc) is 2.25. The van der Waals surface area contributed by atoms with Crippen molar-refractivity contribution in [1.82, 2.24) is 4.90 Å². The predicted octanol–water partition coefficient (Wildman–Crippen LogP) is 1.75. The Morgan fingerprint density at radius 1 is 1.50 bits per heavy atom. The zero-order valence-electron chi connectivity index (χ0n) is 10.2. The van der Waals surface area contributed by atoms with Crippen LogP contribution in [0.1, 0.15) is 11.1 Å². The Morgan fingerprint density at radius 2 is 2.17 bits per heavy atom. The second-order valence-corrected chi connectivity index (χ2v) is 4.00. The fourth-order valence-corrected chi connectivity index (χ4v) is 1.42. The van der Waals surface area contributed by atoms with E-state index in [1.165, 1.54) is 18.2 Å². The minimum absolute atomic E-state index is 0.0396. The van der Waals surface area contributed by atoms with Crippen LogP contribution in [0.15, 0.2) is 24.4 Å². The summed E-state index contributed by atoms with van der Waals surface area (Å²) in [5.74, 6) is -0.966. The molecular weight excluding hydrogens is 236 g/mol. The third-order valence-corrected chi connectivity index (χ3v) is 2.20. The molecule has 6 heteroatoms. The highest BCUT2D eigenvalue weighted by molar-refractivity contribution is 5.71. The Labute approximate surface area is 104 Å². The zero-order valence-corrected chi connectivity index (χ0v) is 10.2. The van der Waals surface area contributed by atoms with Crippen LogP contribution in [0.3, 0.4) is 0 Å². The van der Waals surface area contributed by atoms with Gasteiger partial charge in [0.05, 0.1) is 16.9 Å². The number of nitro benzene ring substituents is 1. The molecule has 0 saturated carbocycles. The predicted molar refractivity (Wildman–Crippen MR) is 67.2 cm³/mol. The first-order valence-electron chi connectivity index (χ1n) is 5.24. The van der Waals surface area contributed by atoms with Gasteiger partial charge in [-0.15, -0.1) is 0 Å². The molecule has 6 nitrogen and oxygen atoms in total. The lowest BCUT2D eigenvalue weighted by Gasteiger charge is -2.05. The summed E-state index contributed by atoms with van der Waals surface area (Å²) in [6.45, 7) is 0. The van der Waals surface area contributed by atoms with E-state index in [-0.39, 0.29) is 12.1 Å². The molecular formula is C12H14N2O4. The molecule has 0 radical (unpaired) electrons. The van der Waals surface area contributed by atoms with E-state index in [0.29, 0.717) is 11.1 Å². The average molecular weight is 250 g/mol. The van der Waals surface area contributed by atoms with Gasteiger partial charge in [-0.05, 0) is 23.9 Å². The lowest BCUT2D eigenvalue weighted by Crippen LogP contribution is -2.02. The third-order valence-electron chi connectivity index (χ3n) is 2.20. The molecule has 0 amide bonds. The Morgan fingerprint density at radius 3 is 2.67 bits per heavy atom. The third kappa shape index (κ3) is 3.89. The number of nitrogens with zero attached hydrogens (tertiary/aromatic N) is 2. The van der Waals surface area contributed by atoms with Gasteiger partial charge < -0.3 is 10.0 Å². The molecule has 0 saturated heterocycles. The first-order valence-corrected chi connectivity index (χ1v) is 5.24. The molecule has 0 aliphatic carbocycles. The van der Waals surface area contributed by atoms with Crippen molar-refractivity contribution in [2.75, 3.05) is 14.1 Å². The Hall–Kier alpha value is -2.37. The van der Waals surface area contributed by atoms with Gasteiger partial charge in [-0.3, -0.25) is 14.9 Å². The Balaban J connectivity index is 3.15. The molecule has 0 bridgehead atoms. The summed E-state index contributed by atoms with van der Waals surface area (Å²) in [5.41, 5.74) is 0.890. The highest BCUT2D eigenvalue weighted by Crippen LogP contribution is 2.22. The molecule has 0 atom stereocenters. The SMILES string of the molecule is CN(C)C=Cc1cc(CC(=O)O)ccc1[N+](=O)[O-]. The van der Waals surface area contributed by atoms with Crippen LogP contribution in [0, 0.1) is 10.1 Å². The Kier molecular flexibility index (Phi) is 4.42. The maximum atomic E-state index is 10.8. The van der Waals surface area contributed by atoms with E-state index in [1.807, 2.05) is 0 Å². The minimum Gasteiger partial charge on any atom is -0.481 e. The molecule has 18 heavy (non-hydrogen) atoms. The molecule has 1 rings (SSSR count). The molecule has 0 aromatic heterocycles. The summed E-state index contributed by atoms with van der Waals surface area (Å²) in [6.07, 6.45) is 3.11. The van der Waals surface area contributed by atoms with Gasteiger partial charge >= 0.3 is 5.97 Å². The number of aliphatic carboxylic acids is 1. The van der Waals surface area contributed by atoms with E-state index in [1.54, 1.807) is 31.3 Å². The van der Waals surface area contributed by atoms with E-state index in [2.05, 4.69) is 0 Å². The summed E-state index contributed by atoms with van der Waals surface area (Å²) in [6, 6.07) is 4.30. The molecule has 1 aromatic rings. The minimum atomic E-state index is -0.966. The quantitative estimate of drug-likeness (QED) is 0.635. The lowest BCUT2D eigenvalue weighted by molar-refractivity contribution is -0.385. The number of rotatable bonds is 5. The summed E-state index contributed by atoms with van der Waals surface area (Å²) < 4.78 is 0. The van der Waals surface area contributed by atoms with E-state index in [4.69, 9.17) is 5.11 Å². The molecule has 1 N–H and O–H groups in total. The van der Waals surface area contributed by atoms with Crippen molar-refractivity contribution in [2.24, 2.45) is 0 Å².